The number of aromatic amines is 1. The number of carboxylic acid groups (broad SMARTS) is 1. The van der Waals surface area contributed by atoms with Crippen LogP contribution in [0.5, 0.6) is 0 Å². The summed E-state index contributed by atoms with van der Waals surface area (Å²) in [5.74, 6) is -0.832. The van der Waals surface area contributed by atoms with Crippen LogP contribution in [0.2, 0.25) is 0 Å². The summed E-state index contributed by atoms with van der Waals surface area (Å²) in [5, 5.41) is 18.9. The lowest BCUT2D eigenvalue weighted by atomic mass is 10.1. The Labute approximate surface area is 87.3 Å². The minimum Gasteiger partial charge on any atom is -0.480 e. The molecule has 1 atom stereocenters. The number of hydrogen-bond acceptors (Lipinski definition) is 4. The molecule has 0 saturated carbocycles. The fraction of sp³-hybridized carbons (Fsp3) is 0.556. The van der Waals surface area contributed by atoms with E-state index < -0.39 is 12.0 Å². The van der Waals surface area contributed by atoms with Gasteiger partial charge in [-0.3, -0.25) is 14.8 Å². The smallest absolute Gasteiger partial charge is 0.327 e. The van der Waals surface area contributed by atoms with Gasteiger partial charge in [-0.15, -0.1) is 0 Å². The van der Waals surface area contributed by atoms with Crippen molar-refractivity contribution in [1.82, 2.24) is 20.4 Å². The molecule has 1 aliphatic heterocycles. The summed E-state index contributed by atoms with van der Waals surface area (Å²) < 4.78 is 0. The van der Waals surface area contributed by atoms with Crippen molar-refractivity contribution in [3.63, 3.8) is 0 Å². The molecule has 0 aromatic carbocycles. The molecule has 0 amide bonds. The van der Waals surface area contributed by atoms with Crippen LogP contribution in [0.25, 0.3) is 0 Å². The molecule has 1 aliphatic rings. The van der Waals surface area contributed by atoms with Crippen molar-refractivity contribution in [3.8, 4) is 0 Å². The van der Waals surface area contributed by atoms with E-state index in [1.165, 1.54) is 0 Å². The van der Waals surface area contributed by atoms with Crippen LogP contribution in [-0.4, -0.2) is 52.4 Å². The van der Waals surface area contributed by atoms with E-state index in [-0.39, 0.29) is 0 Å². The van der Waals surface area contributed by atoms with Crippen molar-refractivity contribution in [3.05, 3.63) is 18.0 Å². The number of nitrogens with one attached hydrogen (secondary N) is 2. The minimum absolute atomic E-state index is 0.602. The summed E-state index contributed by atoms with van der Waals surface area (Å²) in [5.41, 5.74) is 0.643. The number of hydrogen-bond donors (Lipinski definition) is 3. The third kappa shape index (κ3) is 2.16. The Morgan fingerprint density at radius 3 is 2.80 bits per heavy atom. The normalized spacial score (nSPS) is 20.0. The molecule has 6 nitrogen and oxygen atoms in total. The molecule has 0 aliphatic carbocycles. The predicted molar refractivity (Wildman–Crippen MR) is 53.4 cm³/mol. The molecule has 3 N–H and O–H groups in total. The van der Waals surface area contributed by atoms with Crippen LogP contribution in [0.15, 0.2) is 12.3 Å². The number of nitrogens with zero attached hydrogens (tertiary/aromatic N) is 2. The van der Waals surface area contributed by atoms with Gasteiger partial charge in [-0.25, -0.2) is 0 Å². The van der Waals surface area contributed by atoms with Gasteiger partial charge in [-0.1, -0.05) is 0 Å². The molecule has 0 radical (unpaired) electrons. The summed E-state index contributed by atoms with van der Waals surface area (Å²) in [6.07, 6.45) is 1.58. The van der Waals surface area contributed by atoms with E-state index in [1.54, 1.807) is 12.3 Å². The number of carboxylic acids is 1. The molecule has 1 aromatic rings. The topological polar surface area (TPSA) is 81.2 Å². The summed E-state index contributed by atoms with van der Waals surface area (Å²) in [6.45, 7) is 3.15. The van der Waals surface area contributed by atoms with Crippen molar-refractivity contribution in [2.24, 2.45) is 0 Å². The molecule has 1 saturated heterocycles. The van der Waals surface area contributed by atoms with Crippen molar-refractivity contribution < 1.29 is 9.90 Å². The second-order valence-electron chi connectivity index (χ2n) is 3.54. The Balaban J connectivity index is 2.15. The van der Waals surface area contributed by atoms with Crippen LogP contribution in [0, 0.1) is 0 Å². The van der Waals surface area contributed by atoms with E-state index in [9.17, 15) is 9.90 Å². The molecule has 1 aromatic heterocycles. The number of rotatable bonds is 3. The van der Waals surface area contributed by atoms with Gasteiger partial charge in [0.1, 0.15) is 0 Å². The number of H-pyrrole nitrogens is 1. The maximum Gasteiger partial charge on any atom is 0.327 e. The van der Waals surface area contributed by atoms with E-state index in [0.29, 0.717) is 5.69 Å². The van der Waals surface area contributed by atoms with Crippen molar-refractivity contribution in [2.45, 2.75) is 6.04 Å². The molecule has 0 spiro atoms. The molecule has 82 valence electrons. The number of carbonyl (C=O) groups is 1. The van der Waals surface area contributed by atoms with Crippen LogP contribution in [0.3, 0.4) is 0 Å². The first kappa shape index (κ1) is 10.1. The molecule has 0 bridgehead atoms. The quantitative estimate of drug-likeness (QED) is 0.623. The van der Waals surface area contributed by atoms with Crippen LogP contribution in [0.4, 0.5) is 0 Å². The van der Waals surface area contributed by atoms with Gasteiger partial charge in [-0.2, -0.15) is 5.10 Å². The summed E-state index contributed by atoms with van der Waals surface area (Å²) in [7, 11) is 0. The van der Waals surface area contributed by atoms with Gasteiger partial charge in [-0.05, 0) is 6.07 Å². The van der Waals surface area contributed by atoms with Gasteiger partial charge in [0.15, 0.2) is 6.04 Å². The molecule has 6 heteroatoms. The Morgan fingerprint density at radius 1 is 1.53 bits per heavy atom. The number of aliphatic carboxylic acids is 1. The first-order valence-corrected chi connectivity index (χ1v) is 4.96. The maximum atomic E-state index is 11.2. The van der Waals surface area contributed by atoms with Crippen LogP contribution in [0.1, 0.15) is 11.7 Å². The molecule has 1 fully saturated rings. The second-order valence-corrected chi connectivity index (χ2v) is 3.54. The van der Waals surface area contributed by atoms with E-state index >= 15 is 0 Å². The van der Waals surface area contributed by atoms with E-state index in [0.717, 1.165) is 26.2 Å². The average molecular weight is 210 g/mol. The minimum atomic E-state index is -0.832. The first-order valence-electron chi connectivity index (χ1n) is 4.96. The summed E-state index contributed by atoms with van der Waals surface area (Å²) in [4.78, 5) is 13.1. The zero-order chi connectivity index (χ0) is 10.7. The number of piperazine rings is 1. The van der Waals surface area contributed by atoms with Crippen molar-refractivity contribution >= 4 is 5.97 Å². The number of aromatic nitrogens is 2. The largest absolute Gasteiger partial charge is 0.480 e. The summed E-state index contributed by atoms with van der Waals surface area (Å²) >= 11 is 0. The van der Waals surface area contributed by atoms with Crippen molar-refractivity contribution in [1.29, 1.82) is 0 Å². The molecule has 2 rings (SSSR count). The van der Waals surface area contributed by atoms with Crippen molar-refractivity contribution in [2.75, 3.05) is 26.2 Å². The molecule has 2 heterocycles. The lowest BCUT2D eigenvalue weighted by Crippen LogP contribution is -2.47. The highest BCUT2D eigenvalue weighted by atomic mass is 16.4. The lowest BCUT2D eigenvalue weighted by Gasteiger charge is -2.31. The molecular formula is C9H14N4O2. The molecule has 15 heavy (non-hydrogen) atoms. The Hall–Kier alpha value is -1.40. The SMILES string of the molecule is O=C(O)C(c1ccn[nH]1)N1CCNCC1. The standard InChI is InChI=1S/C9H14N4O2/c14-9(15)8(7-1-2-11-12-7)13-5-3-10-4-6-13/h1-2,8,10H,3-6H2,(H,11,12)(H,14,15). The van der Waals surface area contributed by atoms with Crippen LogP contribution < -0.4 is 5.32 Å². The van der Waals surface area contributed by atoms with E-state index in [2.05, 4.69) is 15.5 Å². The van der Waals surface area contributed by atoms with Gasteiger partial charge < -0.3 is 10.4 Å². The predicted octanol–water partition coefficient (Wildman–Crippen LogP) is -0.559. The third-order valence-corrected chi connectivity index (χ3v) is 2.57. The first-order chi connectivity index (χ1) is 7.29. The Morgan fingerprint density at radius 2 is 2.27 bits per heavy atom. The highest BCUT2D eigenvalue weighted by Gasteiger charge is 2.29. The summed E-state index contributed by atoms with van der Waals surface area (Å²) in [6, 6.07) is 1.11. The van der Waals surface area contributed by atoms with Crippen LogP contribution in [-0.2, 0) is 4.79 Å². The Bertz CT molecular complexity index is 319. The van der Waals surface area contributed by atoms with E-state index in [1.807, 2.05) is 4.90 Å². The average Bonchev–Trinajstić information content (AvgIpc) is 2.72. The highest BCUT2D eigenvalue weighted by Crippen LogP contribution is 2.18. The van der Waals surface area contributed by atoms with Crippen LogP contribution >= 0.6 is 0 Å². The fourth-order valence-electron chi connectivity index (χ4n) is 1.85. The van der Waals surface area contributed by atoms with E-state index in [4.69, 9.17) is 0 Å². The highest BCUT2D eigenvalue weighted by molar-refractivity contribution is 5.74. The fourth-order valence-corrected chi connectivity index (χ4v) is 1.85. The van der Waals surface area contributed by atoms with Gasteiger partial charge in [0.05, 0.1) is 5.69 Å². The Kier molecular flexibility index (Phi) is 2.98. The molecule has 1 unspecified atom stereocenters. The monoisotopic (exact) mass is 210 g/mol. The third-order valence-electron chi connectivity index (χ3n) is 2.57. The van der Waals surface area contributed by atoms with Gasteiger partial charge in [0, 0.05) is 32.4 Å². The maximum absolute atomic E-state index is 11.2. The molecular weight excluding hydrogens is 196 g/mol. The zero-order valence-corrected chi connectivity index (χ0v) is 8.31. The van der Waals surface area contributed by atoms with Gasteiger partial charge in [0.2, 0.25) is 0 Å². The van der Waals surface area contributed by atoms with Gasteiger partial charge in [0.25, 0.3) is 0 Å². The zero-order valence-electron chi connectivity index (χ0n) is 8.31. The second kappa shape index (κ2) is 4.41. The van der Waals surface area contributed by atoms with Gasteiger partial charge >= 0.3 is 5.97 Å². The lowest BCUT2D eigenvalue weighted by molar-refractivity contribution is -0.144.